The van der Waals surface area contributed by atoms with Gasteiger partial charge >= 0.3 is 0 Å². The SMILES string of the molecule is CS(=O)(=O)N1CCCC1C(=O)NCc1ncc(-c2ccccc2)o1. The standard InChI is InChI=1S/C16H19N3O4S/c1-24(21,22)19-9-5-8-13(19)16(20)18-11-15-17-10-14(23-15)12-6-3-2-4-7-12/h2-4,6-7,10,13H,5,8-9,11H2,1H3,(H,18,20). The molecule has 0 spiro atoms. The van der Waals surface area contributed by atoms with Crippen molar-refractivity contribution >= 4 is 15.9 Å². The van der Waals surface area contributed by atoms with Crippen LogP contribution >= 0.6 is 0 Å². The first-order valence-corrected chi connectivity index (χ1v) is 9.54. The highest BCUT2D eigenvalue weighted by Gasteiger charge is 2.36. The van der Waals surface area contributed by atoms with Gasteiger partial charge in [-0.3, -0.25) is 4.79 Å². The summed E-state index contributed by atoms with van der Waals surface area (Å²) in [4.78, 5) is 16.4. The van der Waals surface area contributed by atoms with Gasteiger partial charge in [0.2, 0.25) is 21.8 Å². The molecule has 1 N–H and O–H groups in total. The number of benzene rings is 1. The summed E-state index contributed by atoms with van der Waals surface area (Å²) in [7, 11) is -3.38. The number of oxazole rings is 1. The van der Waals surface area contributed by atoms with E-state index in [2.05, 4.69) is 10.3 Å². The lowest BCUT2D eigenvalue weighted by Crippen LogP contribution is -2.45. The maximum atomic E-state index is 12.3. The Morgan fingerprint density at radius 3 is 2.83 bits per heavy atom. The molecule has 1 amide bonds. The third-order valence-electron chi connectivity index (χ3n) is 3.96. The molecule has 24 heavy (non-hydrogen) atoms. The Labute approximate surface area is 140 Å². The van der Waals surface area contributed by atoms with Gasteiger partial charge in [0.15, 0.2) is 5.76 Å². The second-order valence-electron chi connectivity index (χ2n) is 5.73. The van der Waals surface area contributed by atoms with Crippen LogP contribution in [0.25, 0.3) is 11.3 Å². The van der Waals surface area contributed by atoms with E-state index < -0.39 is 16.1 Å². The average molecular weight is 349 g/mol. The van der Waals surface area contributed by atoms with Gasteiger partial charge in [-0.15, -0.1) is 0 Å². The first-order valence-electron chi connectivity index (χ1n) is 7.70. The van der Waals surface area contributed by atoms with Gasteiger partial charge < -0.3 is 9.73 Å². The molecular formula is C16H19N3O4S. The van der Waals surface area contributed by atoms with Crippen molar-refractivity contribution in [1.29, 1.82) is 0 Å². The zero-order chi connectivity index (χ0) is 17.2. The van der Waals surface area contributed by atoms with Crippen molar-refractivity contribution in [2.24, 2.45) is 0 Å². The molecule has 0 saturated carbocycles. The van der Waals surface area contributed by atoms with Crippen molar-refractivity contribution in [1.82, 2.24) is 14.6 Å². The van der Waals surface area contributed by atoms with Crippen molar-refractivity contribution in [3.8, 4) is 11.3 Å². The number of rotatable bonds is 5. The highest BCUT2D eigenvalue weighted by molar-refractivity contribution is 7.88. The summed E-state index contributed by atoms with van der Waals surface area (Å²) in [6.45, 7) is 0.508. The lowest BCUT2D eigenvalue weighted by Gasteiger charge is -2.20. The van der Waals surface area contributed by atoms with E-state index in [0.29, 0.717) is 31.0 Å². The van der Waals surface area contributed by atoms with Crippen LogP contribution < -0.4 is 5.32 Å². The summed E-state index contributed by atoms with van der Waals surface area (Å²) in [6.07, 6.45) is 3.94. The summed E-state index contributed by atoms with van der Waals surface area (Å²) in [5.41, 5.74) is 0.904. The summed E-state index contributed by atoms with van der Waals surface area (Å²) in [5.74, 6) is 0.682. The molecule has 1 aliphatic rings. The molecule has 1 atom stereocenters. The normalized spacial score (nSPS) is 18.6. The molecule has 1 saturated heterocycles. The van der Waals surface area contributed by atoms with E-state index in [9.17, 15) is 13.2 Å². The van der Waals surface area contributed by atoms with Crippen LogP contribution in [0.3, 0.4) is 0 Å². The molecule has 128 valence electrons. The fourth-order valence-corrected chi connectivity index (χ4v) is 3.93. The molecule has 2 aromatic rings. The van der Waals surface area contributed by atoms with Crippen molar-refractivity contribution in [2.45, 2.75) is 25.4 Å². The van der Waals surface area contributed by atoms with Crippen molar-refractivity contribution < 1.29 is 17.6 Å². The second kappa shape index (κ2) is 6.74. The largest absolute Gasteiger partial charge is 0.439 e. The minimum absolute atomic E-state index is 0.125. The Balaban J connectivity index is 1.62. The van der Waals surface area contributed by atoms with Crippen molar-refractivity contribution in [3.63, 3.8) is 0 Å². The number of amides is 1. The summed E-state index contributed by atoms with van der Waals surface area (Å²) >= 11 is 0. The Bertz CT molecular complexity index is 817. The number of carbonyl (C=O) groups excluding carboxylic acids is 1. The van der Waals surface area contributed by atoms with E-state index >= 15 is 0 Å². The fourth-order valence-electron chi connectivity index (χ4n) is 2.81. The van der Waals surface area contributed by atoms with Gasteiger partial charge in [0.05, 0.1) is 19.0 Å². The molecule has 3 rings (SSSR count). The van der Waals surface area contributed by atoms with Crippen LogP contribution in [0.1, 0.15) is 18.7 Å². The number of hydrogen-bond acceptors (Lipinski definition) is 5. The molecule has 0 aliphatic carbocycles. The van der Waals surface area contributed by atoms with Gasteiger partial charge in [0.1, 0.15) is 6.04 Å². The van der Waals surface area contributed by atoms with E-state index in [4.69, 9.17) is 4.42 Å². The highest BCUT2D eigenvalue weighted by atomic mass is 32.2. The summed E-state index contributed by atoms with van der Waals surface area (Å²) < 4.78 is 30.3. The second-order valence-corrected chi connectivity index (χ2v) is 7.67. The first kappa shape index (κ1) is 16.7. The summed E-state index contributed by atoms with van der Waals surface area (Å²) in [5, 5.41) is 2.71. The lowest BCUT2D eigenvalue weighted by molar-refractivity contribution is -0.124. The number of hydrogen-bond donors (Lipinski definition) is 1. The molecule has 1 aromatic carbocycles. The Morgan fingerprint density at radius 2 is 2.12 bits per heavy atom. The Kier molecular flexibility index (Phi) is 4.68. The average Bonchev–Trinajstić information content (AvgIpc) is 3.22. The maximum Gasteiger partial charge on any atom is 0.238 e. The third-order valence-corrected chi connectivity index (χ3v) is 5.25. The monoisotopic (exact) mass is 349 g/mol. The van der Waals surface area contributed by atoms with E-state index in [1.54, 1.807) is 6.20 Å². The molecule has 2 heterocycles. The molecule has 7 nitrogen and oxygen atoms in total. The van der Waals surface area contributed by atoms with Crippen LogP contribution in [-0.2, 0) is 21.4 Å². The molecule has 8 heteroatoms. The zero-order valence-corrected chi connectivity index (χ0v) is 14.1. The molecule has 0 radical (unpaired) electrons. The molecule has 0 bridgehead atoms. The molecule has 1 aromatic heterocycles. The van der Waals surface area contributed by atoms with Crippen LogP contribution in [0.15, 0.2) is 40.9 Å². The van der Waals surface area contributed by atoms with Crippen LogP contribution in [0.4, 0.5) is 0 Å². The van der Waals surface area contributed by atoms with Crippen LogP contribution in [0.5, 0.6) is 0 Å². The topological polar surface area (TPSA) is 92.5 Å². The number of aromatic nitrogens is 1. The van der Waals surface area contributed by atoms with Crippen molar-refractivity contribution in [2.75, 3.05) is 12.8 Å². The number of nitrogens with zero attached hydrogens (tertiary/aromatic N) is 2. The zero-order valence-electron chi connectivity index (χ0n) is 13.3. The maximum absolute atomic E-state index is 12.3. The van der Waals surface area contributed by atoms with Crippen molar-refractivity contribution in [3.05, 3.63) is 42.4 Å². The predicted molar refractivity (Wildman–Crippen MR) is 88.4 cm³/mol. The van der Waals surface area contributed by atoms with E-state index in [-0.39, 0.29) is 12.5 Å². The lowest BCUT2D eigenvalue weighted by atomic mass is 10.2. The Hall–Kier alpha value is -2.19. The van der Waals surface area contributed by atoms with Gasteiger partial charge in [0.25, 0.3) is 0 Å². The number of sulfonamides is 1. The van der Waals surface area contributed by atoms with E-state index in [1.807, 2.05) is 30.3 Å². The van der Waals surface area contributed by atoms with E-state index in [0.717, 1.165) is 11.8 Å². The van der Waals surface area contributed by atoms with Crippen LogP contribution in [0.2, 0.25) is 0 Å². The summed E-state index contributed by atoms with van der Waals surface area (Å²) in [6, 6.07) is 8.88. The molecule has 1 unspecified atom stereocenters. The predicted octanol–water partition coefficient (Wildman–Crippen LogP) is 1.38. The van der Waals surface area contributed by atoms with Gasteiger partial charge in [-0.25, -0.2) is 13.4 Å². The molecule has 1 aliphatic heterocycles. The van der Waals surface area contributed by atoms with Gasteiger partial charge in [-0.05, 0) is 12.8 Å². The molecular weight excluding hydrogens is 330 g/mol. The van der Waals surface area contributed by atoms with E-state index in [1.165, 1.54) is 4.31 Å². The smallest absolute Gasteiger partial charge is 0.238 e. The highest BCUT2D eigenvalue weighted by Crippen LogP contribution is 2.21. The minimum Gasteiger partial charge on any atom is -0.439 e. The van der Waals surface area contributed by atoms with Crippen LogP contribution in [0, 0.1) is 0 Å². The third kappa shape index (κ3) is 3.65. The van der Waals surface area contributed by atoms with Crippen LogP contribution in [-0.4, -0.2) is 42.5 Å². The Morgan fingerprint density at radius 1 is 1.38 bits per heavy atom. The van der Waals surface area contributed by atoms with Gasteiger partial charge in [0, 0.05) is 12.1 Å². The minimum atomic E-state index is -3.38. The number of nitrogens with one attached hydrogen (secondary N) is 1. The molecule has 1 fully saturated rings. The fraction of sp³-hybridized carbons (Fsp3) is 0.375. The first-order chi connectivity index (χ1) is 11.4. The van der Waals surface area contributed by atoms with Gasteiger partial charge in [-0.2, -0.15) is 4.31 Å². The number of carbonyl (C=O) groups is 1. The van der Waals surface area contributed by atoms with Gasteiger partial charge in [-0.1, -0.05) is 30.3 Å². The quantitative estimate of drug-likeness (QED) is 0.880.